The number of carbonyl (C=O) groups is 1. The van der Waals surface area contributed by atoms with Crippen LogP contribution in [0.1, 0.15) is 13.8 Å². The Hall–Kier alpha value is -1.66. The molecule has 1 aliphatic rings. The van der Waals surface area contributed by atoms with Crippen molar-refractivity contribution in [2.45, 2.75) is 26.1 Å². The minimum absolute atomic E-state index is 0.0103. The fraction of sp³-hybridized carbons (Fsp3) is 0.533. The Morgan fingerprint density at radius 2 is 1.82 bits per heavy atom. The molecule has 1 saturated heterocycles. The van der Waals surface area contributed by atoms with Gasteiger partial charge in [-0.05, 0) is 13.8 Å². The third-order valence-electron chi connectivity index (χ3n) is 3.42. The van der Waals surface area contributed by atoms with E-state index in [0.717, 1.165) is 0 Å². The fourth-order valence-electron chi connectivity index (χ4n) is 2.50. The predicted molar refractivity (Wildman–Crippen MR) is 85.2 cm³/mol. The van der Waals surface area contributed by atoms with Crippen molar-refractivity contribution in [1.82, 2.24) is 4.90 Å². The van der Waals surface area contributed by atoms with Crippen LogP contribution in [-0.4, -0.2) is 50.4 Å². The fourth-order valence-corrected chi connectivity index (χ4v) is 2.73. The normalized spacial score (nSPS) is 21.4. The van der Waals surface area contributed by atoms with E-state index in [1.54, 1.807) is 17.0 Å². The van der Waals surface area contributed by atoms with E-state index in [4.69, 9.17) is 25.8 Å². The lowest BCUT2D eigenvalue weighted by molar-refractivity contribution is -0.0530. The summed E-state index contributed by atoms with van der Waals surface area (Å²) in [5.41, 5.74) is 0.514. The number of halogens is 1. The second-order valence-corrected chi connectivity index (χ2v) is 5.69. The summed E-state index contributed by atoms with van der Waals surface area (Å²) in [6.45, 7) is 4.98. The van der Waals surface area contributed by atoms with E-state index in [2.05, 4.69) is 5.32 Å². The zero-order valence-corrected chi connectivity index (χ0v) is 13.9. The number of hydrogen-bond donors (Lipinski definition) is 1. The molecule has 2 rings (SSSR count). The summed E-state index contributed by atoms with van der Waals surface area (Å²) in [5.74, 6) is 0.954. The summed E-state index contributed by atoms with van der Waals surface area (Å²) in [7, 11) is 3.04. The molecule has 0 bridgehead atoms. The summed E-state index contributed by atoms with van der Waals surface area (Å²) in [6.07, 6.45) is 0.0206. The molecule has 1 N–H and O–H groups in total. The zero-order valence-electron chi connectivity index (χ0n) is 13.2. The van der Waals surface area contributed by atoms with E-state index in [9.17, 15) is 4.79 Å². The largest absolute Gasteiger partial charge is 0.495 e. The highest BCUT2D eigenvalue weighted by molar-refractivity contribution is 6.32. The molecule has 0 spiro atoms. The first kappa shape index (κ1) is 16.7. The van der Waals surface area contributed by atoms with Crippen LogP contribution in [0.2, 0.25) is 5.02 Å². The van der Waals surface area contributed by atoms with Crippen LogP contribution in [-0.2, 0) is 4.74 Å². The van der Waals surface area contributed by atoms with Crippen LogP contribution < -0.4 is 14.8 Å². The first-order valence-corrected chi connectivity index (χ1v) is 7.45. The molecule has 122 valence electrons. The monoisotopic (exact) mass is 328 g/mol. The maximum atomic E-state index is 12.4. The Bertz CT molecular complexity index is 543. The quantitative estimate of drug-likeness (QED) is 0.926. The Kier molecular flexibility index (Phi) is 5.37. The van der Waals surface area contributed by atoms with Gasteiger partial charge in [-0.15, -0.1) is 0 Å². The molecule has 2 atom stereocenters. The van der Waals surface area contributed by atoms with E-state index < -0.39 is 0 Å². The van der Waals surface area contributed by atoms with Crippen molar-refractivity contribution in [2.75, 3.05) is 32.6 Å². The second-order valence-electron chi connectivity index (χ2n) is 5.28. The molecule has 1 aliphatic heterocycles. The third-order valence-corrected chi connectivity index (χ3v) is 3.72. The van der Waals surface area contributed by atoms with Crippen molar-refractivity contribution < 1.29 is 19.0 Å². The van der Waals surface area contributed by atoms with Gasteiger partial charge in [0, 0.05) is 25.2 Å². The molecular formula is C15H21ClN2O4. The Labute approximate surface area is 135 Å². The average molecular weight is 329 g/mol. The molecule has 0 aromatic heterocycles. The topological polar surface area (TPSA) is 60.0 Å². The smallest absolute Gasteiger partial charge is 0.322 e. The van der Waals surface area contributed by atoms with Gasteiger partial charge in [-0.3, -0.25) is 0 Å². The highest BCUT2D eigenvalue weighted by Crippen LogP contribution is 2.36. The van der Waals surface area contributed by atoms with Gasteiger partial charge < -0.3 is 24.4 Å². The maximum absolute atomic E-state index is 12.4. The molecule has 2 amide bonds. The van der Waals surface area contributed by atoms with E-state index in [1.807, 2.05) is 13.8 Å². The van der Waals surface area contributed by atoms with Gasteiger partial charge in [-0.2, -0.15) is 0 Å². The number of nitrogens with one attached hydrogen (secondary N) is 1. The van der Waals surface area contributed by atoms with Crippen molar-refractivity contribution in [2.24, 2.45) is 0 Å². The number of amides is 2. The lowest BCUT2D eigenvalue weighted by Crippen LogP contribution is -2.49. The van der Waals surface area contributed by atoms with Crippen LogP contribution in [0.3, 0.4) is 0 Å². The number of rotatable bonds is 3. The summed E-state index contributed by atoms with van der Waals surface area (Å²) < 4.78 is 16.1. The first-order valence-electron chi connectivity index (χ1n) is 7.07. The van der Waals surface area contributed by atoms with Crippen LogP contribution in [0.5, 0.6) is 11.5 Å². The molecular weight excluding hydrogens is 308 g/mol. The van der Waals surface area contributed by atoms with Gasteiger partial charge in [0.1, 0.15) is 11.5 Å². The SMILES string of the molecule is COc1cc(NC(=O)N2C[C@@H](C)O[C@@H](C)C2)c(OC)cc1Cl. The Morgan fingerprint density at radius 1 is 1.23 bits per heavy atom. The molecule has 1 fully saturated rings. The van der Waals surface area contributed by atoms with Crippen LogP contribution in [0.15, 0.2) is 12.1 Å². The molecule has 0 radical (unpaired) electrons. The lowest BCUT2D eigenvalue weighted by Gasteiger charge is -2.35. The number of carbonyl (C=O) groups excluding carboxylic acids is 1. The lowest BCUT2D eigenvalue weighted by atomic mass is 10.2. The van der Waals surface area contributed by atoms with E-state index in [-0.39, 0.29) is 18.2 Å². The molecule has 7 heteroatoms. The summed E-state index contributed by atoms with van der Waals surface area (Å²) in [4.78, 5) is 14.2. The number of anilines is 1. The van der Waals surface area contributed by atoms with Gasteiger partial charge >= 0.3 is 6.03 Å². The summed E-state index contributed by atoms with van der Waals surface area (Å²) in [5, 5.41) is 3.26. The second kappa shape index (κ2) is 7.07. The van der Waals surface area contributed by atoms with Crippen molar-refractivity contribution in [1.29, 1.82) is 0 Å². The molecule has 1 aromatic carbocycles. The third kappa shape index (κ3) is 3.75. The Morgan fingerprint density at radius 3 is 2.36 bits per heavy atom. The first-order chi connectivity index (χ1) is 10.4. The average Bonchev–Trinajstić information content (AvgIpc) is 2.47. The highest BCUT2D eigenvalue weighted by Gasteiger charge is 2.26. The minimum Gasteiger partial charge on any atom is -0.495 e. The number of benzene rings is 1. The molecule has 0 unspecified atom stereocenters. The van der Waals surface area contributed by atoms with Gasteiger partial charge in [0.05, 0.1) is 37.1 Å². The van der Waals surface area contributed by atoms with Crippen molar-refractivity contribution >= 4 is 23.3 Å². The van der Waals surface area contributed by atoms with Gasteiger partial charge in [-0.1, -0.05) is 11.6 Å². The van der Waals surface area contributed by atoms with Crippen LogP contribution in [0.4, 0.5) is 10.5 Å². The van der Waals surface area contributed by atoms with Crippen molar-refractivity contribution in [3.8, 4) is 11.5 Å². The molecule has 1 heterocycles. The molecule has 0 saturated carbocycles. The van der Waals surface area contributed by atoms with E-state index in [0.29, 0.717) is 35.3 Å². The zero-order chi connectivity index (χ0) is 16.3. The van der Waals surface area contributed by atoms with Crippen LogP contribution in [0.25, 0.3) is 0 Å². The minimum atomic E-state index is -0.204. The van der Waals surface area contributed by atoms with Crippen molar-refractivity contribution in [3.05, 3.63) is 17.2 Å². The van der Waals surface area contributed by atoms with Gasteiger partial charge in [0.15, 0.2) is 0 Å². The van der Waals surface area contributed by atoms with E-state index in [1.165, 1.54) is 14.2 Å². The number of methoxy groups -OCH3 is 2. The maximum Gasteiger partial charge on any atom is 0.322 e. The predicted octanol–water partition coefficient (Wildman–Crippen LogP) is 3.00. The van der Waals surface area contributed by atoms with Gasteiger partial charge in [0.2, 0.25) is 0 Å². The molecule has 22 heavy (non-hydrogen) atoms. The van der Waals surface area contributed by atoms with Gasteiger partial charge in [-0.25, -0.2) is 4.79 Å². The number of morpholine rings is 1. The number of hydrogen-bond acceptors (Lipinski definition) is 4. The number of urea groups is 1. The summed E-state index contributed by atoms with van der Waals surface area (Å²) in [6, 6.07) is 3.05. The number of nitrogens with zero attached hydrogens (tertiary/aromatic N) is 1. The summed E-state index contributed by atoms with van der Waals surface area (Å²) >= 11 is 6.06. The molecule has 0 aliphatic carbocycles. The van der Waals surface area contributed by atoms with Crippen LogP contribution >= 0.6 is 11.6 Å². The Balaban J connectivity index is 2.17. The number of ether oxygens (including phenoxy) is 3. The van der Waals surface area contributed by atoms with Gasteiger partial charge in [0.25, 0.3) is 0 Å². The highest BCUT2D eigenvalue weighted by atomic mass is 35.5. The molecule has 1 aromatic rings. The standard InChI is InChI=1S/C15H21ClN2O4/c1-9-7-18(8-10(2)22-9)15(19)17-12-6-13(20-3)11(16)5-14(12)21-4/h5-6,9-10H,7-8H2,1-4H3,(H,17,19)/t9-,10+. The van der Waals surface area contributed by atoms with Crippen molar-refractivity contribution in [3.63, 3.8) is 0 Å². The molecule has 6 nitrogen and oxygen atoms in total. The van der Waals surface area contributed by atoms with Crippen LogP contribution in [0, 0.1) is 0 Å². The van der Waals surface area contributed by atoms with E-state index >= 15 is 0 Å².